The highest BCUT2D eigenvalue weighted by atomic mass is 16.5. The zero-order valence-electron chi connectivity index (χ0n) is 11.2. The van der Waals surface area contributed by atoms with Gasteiger partial charge in [0.25, 0.3) is 0 Å². The lowest BCUT2D eigenvalue weighted by Gasteiger charge is -2.02. The first-order valence-electron chi connectivity index (χ1n) is 6.49. The third-order valence-electron chi connectivity index (χ3n) is 2.79. The molecule has 0 aliphatic heterocycles. The first kappa shape index (κ1) is 13.3. The normalized spacial score (nSPS) is 10.4. The second-order valence-electron chi connectivity index (χ2n) is 4.18. The minimum absolute atomic E-state index is 0.294. The lowest BCUT2D eigenvalue weighted by molar-refractivity contribution is 0.0513. The van der Waals surface area contributed by atoms with Gasteiger partial charge in [-0.1, -0.05) is 48.8 Å². The Morgan fingerprint density at radius 2 is 2.00 bits per heavy atom. The lowest BCUT2D eigenvalue weighted by atomic mass is 10.0. The van der Waals surface area contributed by atoms with Gasteiger partial charge in [0, 0.05) is 11.1 Å². The Bertz CT molecular complexity index is 546. The summed E-state index contributed by atoms with van der Waals surface area (Å²) < 4.78 is 10.4. The Hall–Kier alpha value is -2.10. The average Bonchev–Trinajstić information content (AvgIpc) is 2.84. The summed E-state index contributed by atoms with van der Waals surface area (Å²) in [5.41, 5.74) is 2.05. The fourth-order valence-corrected chi connectivity index (χ4v) is 1.97. The van der Waals surface area contributed by atoms with Crippen LogP contribution in [0.3, 0.4) is 0 Å². The topological polar surface area (TPSA) is 52.3 Å². The SMILES string of the molecule is CCCc1c(C(=O)OCC)noc1-c1ccccc1. The number of hydrogen-bond donors (Lipinski definition) is 0. The Morgan fingerprint density at radius 3 is 2.63 bits per heavy atom. The van der Waals surface area contributed by atoms with Crippen LogP contribution >= 0.6 is 0 Å². The van der Waals surface area contributed by atoms with E-state index in [0.29, 0.717) is 18.1 Å². The van der Waals surface area contributed by atoms with Crippen LogP contribution in [0.4, 0.5) is 0 Å². The van der Waals surface area contributed by atoms with Gasteiger partial charge in [-0.2, -0.15) is 0 Å². The van der Waals surface area contributed by atoms with E-state index in [-0.39, 0.29) is 0 Å². The molecule has 0 N–H and O–H groups in total. The second kappa shape index (κ2) is 6.18. The molecule has 1 aromatic heterocycles. The molecule has 2 aromatic rings. The molecule has 100 valence electrons. The van der Waals surface area contributed by atoms with E-state index in [2.05, 4.69) is 12.1 Å². The Kier molecular flexibility index (Phi) is 4.34. The molecular weight excluding hydrogens is 242 g/mol. The molecule has 0 amide bonds. The predicted octanol–water partition coefficient (Wildman–Crippen LogP) is 3.47. The Balaban J connectivity index is 2.43. The first-order chi connectivity index (χ1) is 9.27. The maximum absolute atomic E-state index is 11.8. The van der Waals surface area contributed by atoms with E-state index in [0.717, 1.165) is 24.0 Å². The van der Waals surface area contributed by atoms with Crippen LogP contribution in [-0.2, 0) is 11.2 Å². The monoisotopic (exact) mass is 259 g/mol. The van der Waals surface area contributed by atoms with E-state index in [1.165, 1.54) is 0 Å². The third-order valence-corrected chi connectivity index (χ3v) is 2.79. The van der Waals surface area contributed by atoms with Crippen LogP contribution in [0.25, 0.3) is 11.3 Å². The number of aromatic nitrogens is 1. The molecule has 0 radical (unpaired) electrons. The molecule has 1 aromatic carbocycles. The van der Waals surface area contributed by atoms with E-state index < -0.39 is 5.97 Å². The summed E-state index contributed by atoms with van der Waals surface area (Å²) in [6, 6.07) is 9.67. The van der Waals surface area contributed by atoms with Crippen LogP contribution in [0, 0.1) is 0 Å². The van der Waals surface area contributed by atoms with Crippen LogP contribution in [0.15, 0.2) is 34.9 Å². The molecule has 4 heteroatoms. The fraction of sp³-hybridized carbons (Fsp3) is 0.333. The van der Waals surface area contributed by atoms with E-state index in [9.17, 15) is 4.79 Å². The van der Waals surface area contributed by atoms with Crippen LogP contribution in [-0.4, -0.2) is 17.7 Å². The van der Waals surface area contributed by atoms with Crippen LogP contribution < -0.4 is 0 Å². The maximum Gasteiger partial charge on any atom is 0.360 e. The summed E-state index contributed by atoms with van der Waals surface area (Å²) in [4.78, 5) is 11.8. The van der Waals surface area contributed by atoms with Gasteiger partial charge in [-0.3, -0.25) is 0 Å². The molecule has 0 fully saturated rings. The van der Waals surface area contributed by atoms with Gasteiger partial charge in [-0.15, -0.1) is 0 Å². The highest BCUT2D eigenvalue weighted by Gasteiger charge is 2.22. The van der Waals surface area contributed by atoms with Crippen LogP contribution in [0.1, 0.15) is 36.3 Å². The number of hydrogen-bond acceptors (Lipinski definition) is 4. The number of nitrogens with zero attached hydrogens (tertiary/aromatic N) is 1. The summed E-state index contributed by atoms with van der Waals surface area (Å²) in [5.74, 6) is 0.238. The number of carbonyl (C=O) groups excluding carboxylic acids is 1. The molecule has 0 aliphatic rings. The highest BCUT2D eigenvalue weighted by Crippen LogP contribution is 2.27. The van der Waals surface area contributed by atoms with Crippen molar-refractivity contribution in [2.45, 2.75) is 26.7 Å². The van der Waals surface area contributed by atoms with Gasteiger partial charge >= 0.3 is 5.97 Å². The molecule has 0 saturated heterocycles. The van der Waals surface area contributed by atoms with Gasteiger partial charge in [0.1, 0.15) is 0 Å². The van der Waals surface area contributed by atoms with Crippen molar-refractivity contribution in [1.82, 2.24) is 5.16 Å². The molecule has 19 heavy (non-hydrogen) atoms. The summed E-state index contributed by atoms with van der Waals surface area (Å²) >= 11 is 0. The lowest BCUT2D eigenvalue weighted by Crippen LogP contribution is -2.08. The number of esters is 1. The molecule has 0 aliphatic carbocycles. The van der Waals surface area contributed by atoms with Crippen molar-refractivity contribution in [2.75, 3.05) is 6.61 Å². The molecular formula is C15H17NO3. The molecule has 0 spiro atoms. The van der Waals surface area contributed by atoms with Crippen LogP contribution in [0.5, 0.6) is 0 Å². The summed E-state index contributed by atoms with van der Waals surface area (Å²) in [6.07, 6.45) is 1.65. The maximum atomic E-state index is 11.8. The molecule has 0 atom stereocenters. The minimum atomic E-state index is -0.420. The van der Waals surface area contributed by atoms with Gasteiger partial charge in [-0.25, -0.2) is 4.79 Å². The molecule has 0 saturated carbocycles. The van der Waals surface area contributed by atoms with Crippen molar-refractivity contribution in [3.8, 4) is 11.3 Å². The quantitative estimate of drug-likeness (QED) is 0.771. The smallest absolute Gasteiger partial charge is 0.360 e. The highest BCUT2D eigenvalue weighted by molar-refractivity contribution is 5.90. The third kappa shape index (κ3) is 2.84. The summed E-state index contributed by atoms with van der Waals surface area (Å²) in [6.45, 7) is 4.16. The van der Waals surface area contributed by atoms with Crippen molar-refractivity contribution >= 4 is 5.97 Å². The van der Waals surface area contributed by atoms with Gasteiger partial charge < -0.3 is 9.26 Å². The second-order valence-corrected chi connectivity index (χ2v) is 4.18. The van der Waals surface area contributed by atoms with E-state index >= 15 is 0 Å². The van der Waals surface area contributed by atoms with Crippen molar-refractivity contribution in [3.63, 3.8) is 0 Å². The Morgan fingerprint density at radius 1 is 1.26 bits per heavy atom. The zero-order chi connectivity index (χ0) is 13.7. The van der Waals surface area contributed by atoms with Crippen molar-refractivity contribution in [1.29, 1.82) is 0 Å². The summed E-state index contributed by atoms with van der Waals surface area (Å²) in [7, 11) is 0. The number of carbonyl (C=O) groups is 1. The fourth-order valence-electron chi connectivity index (χ4n) is 1.97. The standard InChI is InChI=1S/C15H17NO3/c1-3-8-12-13(15(17)18-4-2)16-19-14(12)11-9-6-5-7-10-11/h5-7,9-10H,3-4,8H2,1-2H3. The van der Waals surface area contributed by atoms with Crippen LogP contribution in [0.2, 0.25) is 0 Å². The molecule has 4 nitrogen and oxygen atoms in total. The van der Waals surface area contributed by atoms with Crippen molar-refractivity contribution in [3.05, 3.63) is 41.6 Å². The van der Waals surface area contributed by atoms with Crippen molar-refractivity contribution < 1.29 is 14.1 Å². The minimum Gasteiger partial charge on any atom is -0.461 e. The zero-order valence-corrected chi connectivity index (χ0v) is 11.2. The predicted molar refractivity (Wildman–Crippen MR) is 71.9 cm³/mol. The van der Waals surface area contributed by atoms with Gasteiger partial charge in [0.2, 0.25) is 0 Å². The van der Waals surface area contributed by atoms with Gasteiger partial charge in [0.15, 0.2) is 11.5 Å². The Labute approximate surface area is 112 Å². The van der Waals surface area contributed by atoms with E-state index in [4.69, 9.17) is 9.26 Å². The largest absolute Gasteiger partial charge is 0.461 e. The van der Waals surface area contributed by atoms with E-state index in [1.807, 2.05) is 30.3 Å². The van der Waals surface area contributed by atoms with Crippen molar-refractivity contribution in [2.24, 2.45) is 0 Å². The average molecular weight is 259 g/mol. The first-order valence-corrected chi connectivity index (χ1v) is 6.49. The van der Waals surface area contributed by atoms with Gasteiger partial charge in [0.05, 0.1) is 6.61 Å². The summed E-state index contributed by atoms with van der Waals surface area (Å²) in [5, 5.41) is 3.88. The number of rotatable bonds is 5. The molecule has 0 bridgehead atoms. The molecule has 1 heterocycles. The number of ether oxygens (including phenoxy) is 1. The molecule has 2 rings (SSSR count). The van der Waals surface area contributed by atoms with E-state index in [1.54, 1.807) is 6.92 Å². The van der Waals surface area contributed by atoms with Gasteiger partial charge in [-0.05, 0) is 13.3 Å². The molecule has 0 unspecified atom stereocenters. The number of benzene rings is 1.